The van der Waals surface area contributed by atoms with E-state index in [1.807, 2.05) is 0 Å². The topological polar surface area (TPSA) is 13.1 Å². The first kappa shape index (κ1) is 31.8. The van der Waals surface area contributed by atoms with Crippen LogP contribution in [0.3, 0.4) is 0 Å². The van der Waals surface area contributed by atoms with Gasteiger partial charge in [-0.05, 0) is 90.0 Å². The molecule has 9 heteroatoms. The second kappa shape index (κ2) is 11.7. The molecule has 0 aliphatic carbocycles. The highest BCUT2D eigenvalue weighted by Gasteiger charge is 2.27. The highest BCUT2D eigenvalue weighted by molar-refractivity contribution is 6.71. The Kier molecular flexibility index (Phi) is 7.30. The van der Waals surface area contributed by atoms with E-state index in [9.17, 15) is 0 Å². The summed E-state index contributed by atoms with van der Waals surface area (Å²) in [6, 6.07) is 39.8. The van der Waals surface area contributed by atoms with Crippen LogP contribution in [0, 0.1) is 0 Å². The first-order chi connectivity index (χ1) is 24.7. The van der Waals surface area contributed by atoms with Crippen molar-refractivity contribution in [2.45, 2.75) is 0 Å². The number of benzene rings is 8. The largest absolute Gasteiger partial charge is 0.456 e. The van der Waals surface area contributed by atoms with Gasteiger partial charge in [-0.1, -0.05) is 107 Å². The predicted octanol–water partition coefficient (Wildman–Crippen LogP) is -1.89. The van der Waals surface area contributed by atoms with E-state index in [0.29, 0.717) is 0 Å². The van der Waals surface area contributed by atoms with Crippen LogP contribution < -0.4 is 43.7 Å². The fourth-order valence-electron chi connectivity index (χ4n) is 8.89. The van der Waals surface area contributed by atoms with Crippen LogP contribution in [0.25, 0.3) is 87.6 Å². The maximum absolute atomic E-state index is 6.69. The highest BCUT2D eigenvalue weighted by Crippen LogP contribution is 2.45. The van der Waals surface area contributed by atoms with Crippen LogP contribution in [0.4, 0.5) is 0 Å². The van der Waals surface area contributed by atoms with E-state index in [2.05, 4.69) is 172 Å². The Balaban J connectivity index is 1.54. The maximum Gasteiger partial charge on any atom is 0.139 e. The molecular weight excluding hydrogens is 607 g/mol. The number of furan rings is 1. The monoisotopic (exact) mass is 642 g/mol. The Bertz CT molecular complexity index is 2870. The van der Waals surface area contributed by atoms with Gasteiger partial charge in [-0.15, -0.1) is 21.9 Å². The lowest BCUT2D eigenvalue weighted by atomic mass is 9.59. The molecule has 0 amide bonds. The lowest BCUT2D eigenvalue weighted by molar-refractivity contribution is 0.669. The van der Waals surface area contributed by atoms with Crippen molar-refractivity contribution in [1.29, 1.82) is 0 Å². The molecule has 0 saturated heterocycles. The smallest absolute Gasteiger partial charge is 0.139 e. The first-order valence-corrected chi connectivity index (χ1v) is 18.1. The number of rotatable bonds is 3. The maximum atomic E-state index is 6.69. The molecule has 9 rings (SSSR count). The standard InChI is InChI=1S/C42H34B8O/c43-35-31-28(23-13-6-12-20(16-23)19-8-2-1-3-9-19)32-34(38(46)42(50)40(48)36(32)44)30(33(31)37(45)41(49)39(35)47)24-14-7-15-26-29(24)25-17-21-10-4-5-11-22(21)18-27(25)51-26/h1-18H,43-50H2. The summed E-state index contributed by atoms with van der Waals surface area (Å²) in [7, 11) is 18.6. The van der Waals surface area contributed by atoms with E-state index < -0.39 is 0 Å². The number of hydrogen-bond acceptors (Lipinski definition) is 1. The Hall–Kier alpha value is -5.14. The van der Waals surface area contributed by atoms with Gasteiger partial charge in [0.05, 0.1) is 0 Å². The predicted molar refractivity (Wildman–Crippen MR) is 248 cm³/mol. The molecule has 1 heterocycles. The molecule has 0 radical (unpaired) electrons. The summed E-state index contributed by atoms with van der Waals surface area (Å²) in [6.07, 6.45) is 0. The van der Waals surface area contributed by atoms with Gasteiger partial charge in [0.15, 0.2) is 0 Å². The minimum Gasteiger partial charge on any atom is -0.456 e. The molecule has 0 bridgehead atoms. The van der Waals surface area contributed by atoms with Gasteiger partial charge >= 0.3 is 0 Å². The molecule has 0 saturated carbocycles. The van der Waals surface area contributed by atoms with Crippen LogP contribution in [0.15, 0.2) is 114 Å². The minimum atomic E-state index is 0.926. The van der Waals surface area contributed by atoms with Gasteiger partial charge in [0.1, 0.15) is 73.9 Å². The van der Waals surface area contributed by atoms with Crippen molar-refractivity contribution < 1.29 is 4.42 Å². The normalized spacial score (nSPS) is 11.8. The Morgan fingerprint density at radius 3 is 1.43 bits per heavy atom. The molecule has 0 spiro atoms. The van der Waals surface area contributed by atoms with E-state index in [1.54, 1.807) is 0 Å². The third kappa shape index (κ3) is 4.60. The molecule has 1 nitrogen and oxygen atoms in total. The van der Waals surface area contributed by atoms with E-state index in [0.717, 1.165) is 16.6 Å². The van der Waals surface area contributed by atoms with Crippen molar-refractivity contribution in [3.05, 3.63) is 109 Å². The van der Waals surface area contributed by atoms with Gasteiger partial charge in [-0.3, -0.25) is 0 Å². The summed E-state index contributed by atoms with van der Waals surface area (Å²) >= 11 is 0. The molecule has 0 fully saturated rings. The Morgan fingerprint density at radius 1 is 0.333 bits per heavy atom. The summed E-state index contributed by atoms with van der Waals surface area (Å²) in [5.74, 6) is 0. The average Bonchev–Trinajstić information content (AvgIpc) is 3.53. The van der Waals surface area contributed by atoms with Crippen LogP contribution in [0.5, 0.6) is 0 Å². The zero-order valence-corrected chi connectivity index (χ0v) is 30.8. The lowest BCUT2D eigenvalue weighted by Crippen LogP contribution is -2.50. The van der Waals surface area contributed by atoms with Crippen molar-refractivity contribution in [3.63, 3.8) is 0 Å². The fourth-order valence-corrected chi connectivity index (χ4v) is 8.89. The number of fused-ring (bicyclic) bond motifs is 6. The molecule has 9 aromatic rings. The Morgan fingerprint density at radius 2 is 0.824 bits per heavy atom. The third-order valence-electron chi connectivity index (χ3n) is 12.3. The van der Waals surface area contributed by atoms with Crippen LogP contribution in [0.2, 0.25) is 0 Å². The van der Waals surface area contributed by atoms with Crippen LogP contribution >= 0.6 is 0 Å². The number of hydrogen-bond donors (Lipinski definition) is 0. The summed E-state index contributed by atoms with van der Waals surface area (Å²) < 4.78 is 6.69. The minimum absolute atomic E-state index is 0.926. The van der Waals surface area contributed by atoms with Gasteiger partial charge in [0.2, 0.25) is 0 Å². The quantitative estimate of drug-likeness (QED) is 0.163. The van der Waals surface area contributed by atoms with Gasteiger partial charge in [-0.25, -0.2) is 0 Å². The lowest BCUT2D eigenvalue weighted by Gasteiger charge is -2.28. The first-order valence-electron chi connectivity index (χ1n) is 18.1. The van der Waals surface area contributed by atoms with Gasteiger partial charge in [0.25, 0.3) is 0 Å². The molecule has 0 aliphatic heterocycles. The van der Waals surface area contributed by atoms with Gasteiger partial charge in [0, 0.05) is 10.8 Å². The van der Waals surface area contributed by atoms with Gasteiger partial charge < -0.3 is 4.42 Å². The van der Waals surface area contributed by atoms with Crippen LogP contribution in [0.1, 0.15) is 0 Å². The molecule has 8 aromatic carbocycles. The molecule has 51 heavy (non-hydrogen) atoms. The zero-order chi connectivity index (χ0) is 35.3. The summed E-state index contributed by atoms with van der Waals surface area (Å²) in [4.78, 5) is 0. The Labute approximate surface area is 306 Å². The zero-order valence-electron chi connectivity index (χ0n) is 30.8. The summed E-state index contributed by atoms with van der Waals surface area (Å²) in [5, 5.41) is 10.2. The van der Waals surface area contributed by atoms with Crippen molar-refractivity contribution >= 4 is 161 Å². The summed E-state index contributed by atoms with van der Waals surface area (Å²) in [5.41, 5.74) is 20.3. The van der Waals surface area contributed by atoms with Crippen molar-refractivity contribution in [2.75, 3.05) is 0 Å². The second-order valence-corrected chi connectivity index (χ2v) is 14.7. The summed E-state index contributed by atoms with van der Waals surface area (Å²) in [6.45, 7) is 0. The van der Waals surface area contributed by atoms with E-state index >= 15 is 0 Å². The third-order valence-corrected chi connectivity index (χ3v) is 12.3. The van der Waals surface area contributed by atoms with Crippen molar-refractivity contribution in [2.24, 2.45) is 0 Å². The average molecular weight is 641 g/mol. The highest BCUT2D eigenvalue weighted by atomic mass is 16.3. The molecule has 1 aromatic heterocycles. The van der Waals surface area contributed by atoms with E-state index in [-0.39, 0.29) is 0 Å². The van der Waals surface area contributed by atoms with Crippen LogP contribution in [-0.4, -0.2) is 62.8 Å². The van der Waals surface area contributed by atoms with Crippen molar-refractivity contribution in [3.8, 4) is 33.4 Å². The molecule has 0 aliphatic rings. The van der Waals surface area contributed by atoms with Crippen LogP contribution in [-0.2, 0) is 0 Å². The molecule has 0 N–H and O–H groups in total. The van der Waals surface area contributed by atoms with E-state index in [4.69, 9.17) is 4.42 Å². The molecule has 0 unspecified atom stereocenters. The second-order valence-electron chi connectivity index (χ2n) is 14.7. The SMILES string of the molecule is Bc1c(B)c(B)c2c(-c3cccc4oc5cc6ccccc6cc5c34)c3c(B)c(B)c(B)c(B)c3c(-c3cccc(-c4ccccc4)c3)c2c1B. The van der Waals surface area contributed by atoms with Crippen molar-refractivity contribution in [1.82, 2.24) is 0 Å². The van der Waals surface area contributed by atoms with Gasteiger partial charge in [-0.2, -0.15) is 0 Å². The molecule has 0 atom stereocenters. The fraction of sp³-hybridized carbons (Fsp3) is 0. The molecule has 232 valence electrons. The molecular formula is C42H34B8O. The van der Waals surface area contributed by atoms with E-state index in [1.165, 1.54) is 115 Å².